The average Bonchev–Trinajstić information content (AvgIpc) is 3.20. The zero-order valence-corrected chi connectivity index (χ0v) is 17.9. The van der Waals surface area contributed by atoms with Crippen molar-refractivity contribution in [3.8, 4) is 0 Å². The van der Waals surface area contributed by atoms with Crippen molar-refractivity contribution in [1.82, 2.24) is 16.0 Å². The third-order valence-electron chi connectivity index (χ3n) is 4.64. The maximum atomic E-state index is 12.2. The second-order valence-corrected chi connectivity index (χ2v) is 8.28. The number of benzene rings is 1. The van der Waals surface area contributed by atoms with Crippen LogP contribution < -0.4 is 16.0 Å². The molecule has 0 aliphatic heterocycles. The number of carbonyl (C=O) groups is 2. The lowest BCUT2D eigenvalue weighted by molar-refractivity contribution is -0.125. The van der Waals surface area contributed by atoms with E-state index in [0.29, 0.717) is 5.92 Å². The summed E-state index contributed by atoms with van der Waals surface area (Å²) in [4.78, 5) is 25.0. The van der Waals surface area contributed by atoms with E-state index in [9.17, 15) is 9.59 Å². The topological polar surface area (TPSA) is 70.2 Å². The normalized spacial score (nSPS) is 13.2. The third kappa shape index (κ3) is 6.77. The van der Waals surface area contributed by atoms with Gasteiger partial charge >= 0.3 is 0 Å². The molecule has 0 saturated heterocycles. The van der Waals surface area contributed by atoms with E-state index < -0.39 is 0 Å². The quantitative estimate of drug-likeness (QED) is 0.570. The van der Waals surface area contributed by atoms with Crippen LogP contribution in [0.1, 0.15) is 62.1 Å². The first-order valence-electron chi connectivity index (χ1n) is 9.83. The lowest BCUT2D eigenvalue weighted by Crippen LogP contribution is -2.43. The third-order valence-corrected chi connectivity index (χ3v) is 5.58. The number of hydrogen-bond acceptors (Lipinski definition) is 4. The highest BCUT2D eigenvalue weighted by Gasteiger charge is 2.17. The summed E-state index contributed by atoms with van der Waals surface area (Å²) in [6.07, 6.45) is 1.11. The number of nitrogens with one attached hydrogen (secondary N) is 3. The standard InChI is InChI=1S/C22H31N3O2S/c1-5-16(4)17-8-10-18(11-9-17)22(19-7-6-12-28-19)24-13-20(26)23-14-21(27)25-15(2)3/h6-12,15-16,22,24H,5,13-14H2,1-4H3,(H,23,26)(H,25,27)/t16-,22-/m0/s1. The minimum atomic E-state index is -0.198. The largest absolute Gasteiger partial charge is 0.352 e. The first kappa shape index (κ1) is 22.1. The summed E-state index contributed by atoms with van der Waals surface area (Å²) in [5, 5.41) is 10.8. The molecule has 1 heterocycles. The Morgan fingerprint density at radius 2 is 1.64 bits per heavy atom. The molecule has 152 valence electrons. The van der Waals surface area contributed by atoms with E-state index in [2.05, 4.69) is 60.1 Å². The predicted molar refractivity (Wildman–Crippen MR) is 116 cm³/mol. The molecular weight excluding hydrogens is 370 g/mol. The van der Waals surface area contributed by atoms with Gasteiger partial charge in [-0.05, 0) is 48.8 Å². The molecule has 0 radical (unpaired) electrons. The fourth-order valence-electron chi connectivity index (χ4n) is 2.90. The zero-order chi connectivity index (χ0) is 20.5. The molecule has 0 aliphatic carbocycles. The van der Waals surface area contributed by atoms with Crippen LogP contribution in [0.2, 0.25) is 0 Å². The van der Waals surface area contributed by atoms with E-state index in [1.165, 1.54) is 5.56 Å². The van der Waals surface area contributed by atoms with Gasteiger partial charge < -0.3 is 10.6 Å². The number of thiophene rings is 1. The van der Waals surface area contributed by atoms with Crippen molar-refractivity contribution in [3.05, 3.63) is 57.8 Å². The van der Waals surface area contributed by atoms with Crippen molar-refractivity contribution in [2.45, 2.75) is 52.1 Å². The van der Waals surface area contributed by atoms with E-state index in [4.69, 9.17) is 0 Å². The van der Waals surface area contributed by atoms with Crippen molar-refractivity contribution in [1.29, 1.82) is 0 Å². The van der Waals surface area contributed by atoms with Crippen molar-refractivity contribution in [3.63, 3.8) is 0 Å². The molecule has 0 aliphatic rings. The fraction of sp³-hybridized carbons (Fsp3) is 0.455. The molecule has 0 saturated carbocycles. The van der Waals surface area contributed by atoms with Crippen LogP contribution in [0.25, 0.3) is 0 Å². The van der Waals surface area contributed by atoms with Gasteiger partial charge in [0.25, 0.3) is 0 Å². The van der Waals surface area contributed by atoms with Gasteiger partial charge in [0.15, 0.2) is 0 Å². The minimum Gasteiger partial charge on any atom is -0.352 e. The summed E-state index contributed by atoms with van der Waals surface area (Å²) in [7, 11) is 0. The van der Waals surface area contributed by atoms with E-state index in [0.717, 1.165) is 16.9 Å². The van der Waals surface area contributed by atoms with Crippen LogP contribution in [0.4, 0.5) is 0 Å². The monoisotopic (exact) mass is 401 g/mol. The summed E-state index contributed by atoms with van der Waals surface area (Å²) in [6, 6.07) is 12.7. The van der Waals surface area contributed by atoms with Crippen LogP contribution in [0.15, 0.2) is 41.8 Å². The predicted octanol–water partition coefficient (Wildman–Crippen LogP) is 3.58. The van der Waals surface area contributed by atoms with Gasteiger partial charge in [-0.25, -0.2) is 0 Å². The molecule has 28 heavy (non-hydrogen) atoms. The van der Waals surface area contributed by atoms with Crippen molar-refractivity contribution in [2.24, 2.45) is 0 Å². The number of rotatable bonds is 10. The maximum Gasteiger partial charge on any atom is 0.239 e. The van der Waals surface area contributed by atoms with Gasteiger partial charge in [0.1, 0.15) is 0 Å². The number of hydrogen-bond donors (Lipinski definition) is 3. The molecule has 0 spiro atoms. The second kappa shape index (κ2) is 11.0. The van der Waals surface area contributed by atoms with Gasteiger partial charge in [-0.2, -0.15) is 0 Å². The van der Waals surface area contributed by atoms with Crippen LogP contribution in [0, 0.1) is 0 Å². The summed E-state index contributed by atoms with van der Waals surface area (Å²) in [5.41, 5.74) is 2.45. The van der Waals surface area contributed by atoms with Crippen LogP contribution in [-0.2, 0) is 9.59 Å². The molecule has 1 aromatic carbocycles. The Bertz CT molecular complexity index is 742. The molecule has 5 nitrogen and oxygen atoms in total. The summed E-state index contributed by atoms with van der Waals surface area (Å²) in [5.74, 6) is 0.153. The van der Waals surface area contributed by atoms with Crippen LogP contribution in [-0.4, -0.2) is 30.9 Å². The minimum absolute atomic E-state index is 0.00797. The van der Waals surface area contributed by atoms with Crippen molar-refractivity contribution >= 4 is 23.2 Å². The lowest BCUT2D eigenvalue weighted by Gasteiger charge is -2.19. The molecule has 0 fully saturated rings. The highest BCUT2D eigenvalue weighted by atomic mass is 32.1. The summed E-state index contributed by atoms with van der Waals surface area (Å²) in [6.45, 7) is 8.33. The van der Waals surface area contributed by atoms with Crippen LogP contribution in [0.3, 0.4) is 0 Å². The van der Waals surface area contributed by atoms with Crippen molar-refractivity contribution in [2.75, 3.05) is 13.1 Å². The van der Waals surface area contributed by atoms with Gasteiger partial charge in [0.2, 0.25) is 11.8 Å². The molecular formula is C22H31N3O2S. The fourth-order valence-corrected chi connectivity index (χ4v) is 3.73. The SMILES string of the molecule is CC[C@H](C)c1ccc([C@H](NCC(=O)NCC(=O)NC(C)C)c2cccs2)cc1. The molecule has 2 rings (SSSR count). The Kier molecular flexibility index (Phi) is 8.67. The molecule has 3 N–H and O–H groups in total. The molecule has 2 amide bonds. The Morgan fingerprint density at radius 1 is 0.964 bits per heavy atom. The first-order chi connectivity index (χ1) is 13.4. The zero-order valence-electron chi connectivity index (χ0n) is 17.1. The first-order valence-corrected chi connectivity index (χ1v) is 10.7. The average molecular weight is 402 g/mol. The highest BCUT2D eigenvalue weighted by Crippen LogP contribution is 2.27. The molecule has 0 unspecified atom stereocenters. The van der Waals surface area contributed by atoms with Gasteiger partial charge in [-0.3, -0.25) is 14.9 Å². The van der Waals surface area contributed by atoms with Gasteiger partial charge in [-0.1, -0.05) is 44.2 Å². The summed E-state index contributed by atoms with van der Waals surface area (Å²) < 4.78 is 0. The molecule has 2 aromatic rings. The molecule has 6 heteroatoms. The van der Waals surface area contributed by atoms with E-state index >= 15 is 0 Å². The Labute approximate surface area is 171 Å². The Hall–Kier alpha value is -2.18. The van der Waals surface area contributed by atoms with Crippen LogP contribution in [0.5, 0.6) is 0 Å². The Balaban J connectivity index is 1.99. The molecule has 2 atom stereocenters. The number of carbonyl (C=O) groups excluding carboxylic acids is 2. The number of amides is 2. The smallest absolute Gasteiger partial charge is 0.239 e. The lowest BCUT2D eigenvalue weighted by atomic mass is 9.95. The maximum absolute atomic E-state index is 12.2. The van der Waals surface area contributed by atoms with Gasteiger partial charge in [0, 0.05) is 10.9 Å². The highest BCUT2D eigenvalue weighted by molar-refractivity contribution is 7.10. The second-order valence-electron chi connectivity index (χ2n) is 7.30. The van der Waals surface area contributed by atoms with E-state index in [-0.39, 0.29) is 37.0 Å². The van der Waals surface area contributed by atoms with E-state index in [1.807, 2.05) is 25.3 Å². The van der Waals surface area contributed by atoms with Crippen LogP contribution >= 0.6 is 11.3 Å². The molecule has 0 bridgehead atoms. The van der Waals surface area contributed by atoms with Gasteiger partial charge in [0.05, 0.1) is 19.1 Å². The molecule has 1 aromatic heterocycles. The van der Waals surface area contributed by atoms with Crippen molar-refractivity contribution < 1.29 is 9.59 Å². The summed E-state index contributed by atoms with van der Waals surface area (Å²) >= 11 is 1.66. The van der Waals surface area contributed by atoms with E-state index in [1.54, 1.807) is 11.3 Å². The van der Waals surface area contributed by atoms with Gasteiger partial charge in [-0.15, -0.1) is 11.3 Å². The Morgan fingerprint density at radius 3 is 2.21 bits per heavy atom.